The molecule has 0 aliphatic rings. The molecule has 0 fully saturated rings. The molecule has 0 saturated heterocycles. The Morgan fingerprint density at radius 3 is 2.57 bits per heavy atom. The Morgan fingerprint density at radius 2 is 1.91 bits per heavy atom. The van der Waals surface area contributed by atoms with Crippen LogP contribution in [0.25, 0.3) is 0 Å². The number of rotatable bonds is 5. The zero-order chi connectivity index (χ0) is 16.9. The van der Waals surface area contributed by atoms with Gasteiger partial charge in [-0.15, -0.1) is 0 Å². The third-order valence-corrected chi connectivity index (χ3v) is 5.45. The van der Waals surface area contributed by atoms with Crippen molar-refractivity contribution < 1.29 is 13.2 Å². The van der Waals surface area contributed by atoms with Gasteiger partial charge >= 0.3 is 6.03 Å². The van der Waals surface area contributed by atoms with E-state index in [1.165, 1.54) is 6.07 Å². The van der Waals surface area contributed by atoms with E-state index in [1.54, 1.807) is 50.5 Å². The van der Waals surface area contributed by atoms with E-state index >= 15 is 0 Å². The second-order valence-corrected chi connectivity index (χ2v) is 7.73. The van der Waals surface area contributed by atoms with Gasteiger partial charge in [-0.2, -0.15) is 0 Å². The molecule has 2 N–H and O–H groups in total. The molecule has 7 heteroatoms. The summed E-state index contributed by atoms with van der Waals surface area (Å²) < 4.78 is 24.7. The van der Waals surface area contributed by atoms with Crippen LogP contribution in [-0.4, -0.2) is 24.7 Å². The van der Waals surface area contributed by atoms with Gasteiger partial charge in [0.1, 0.15) is 0 Å². The molecule has 6 nitrogen and oxygen atoms in total. The van der Waals surface area contributed by atoms with Crippen LogP contribution in [-0.2, 0) is 16.4 Å². The number of urea groups is 1. The molecule has 0 radical (unpaired) electrons. The third kappa shape index (κ3) is 4.29. The predicted molar refractivity (Wildman–Crippen MR) is 88.9 cm³/mol. The SMILES string of the molecule is CC(C)S(=O)(=O)c1ccccc1NC(=O)NCc1cccnc1. The summed E-state index contributed by atoms with van der Waals surface area (Å²) in [5.41, 5.74) is 1.12. The number of hydrogen-bond donors (Lipinski definition) is 2. The molecular formula is C16H19N3O3S. The summed E-state index contributed by atoms with van der Waals surface area (Å²) in [4.78, 5) is 16.1. The molecule has 0 atom stereocenters. The van der Waals surface area contributed by atoms with Crippen LogP contribution in [0.4, 0.5) is 10.5 Å². The first-order valence-electron chi connectivity index (χ1n) is 7.18. The molecule has 1 aromatic heterocycles. The first kappa shape index (κ1) is 17.0. The molecule has 122 valence electrons. The summed E-state index contributed by atoms with van der Waals surface area (Å²) in [6.45, 7) is 3.52. The average molecular weight is 333 g/mol. The van der Waals surface area contributed by atoms with Gasteiger partial charge in [-0.1, -0.05) is 18.2 Å². The van der Waals surface area contributed by atoms with Crippen molar-refractivity contribution in [1.29, 1.82) is 0 Å². The maximum Gasteiger partial charge on any atom is 0.319 e. The maximum atomic E-state index is 12.3. The molecule has 2 aromatic rings. The Kier molecular flexibility index (Phi) is 5.33. The summed E-state index contributed by atoms with van der Waals surface area (Å²) >= 11 is 0. The van der Waals surface area contributed by atoms with Crippen molar-refractivity contribution in [1.82, 2.24) is 10.3 Å². The number of sulfone groups is 1. The lowest BCUT2D eigenvalue weighted by Gasteiger charge is -2.14. The standard InChI is InChI=1S/C16H19N3O3S/c1-12(2)23(21,22)15-8-4-3-7-14(15)19-16(20)18-11-13-6-5-9-17-10-13/h3-10,12H,11H2,1-2H3,(H2,18,19,20). The maximum absolute atomic E-state index is 12.3. The fraction of sp³-hybridized carbons (Fsp3) is 0.250. The Bertz CT molecular complexity index is 774. The van der Waals surface area contributed by atoms with E-state index in [-0.39, 0.29) is 10.6 Å². The third-order valence-electron chi connectivity index (χ3n) is 3.24. The molecule has 23 heavy (non-hydrogen) atoms. The highest BCUT2D eigenvalue weighted by molar-refractivity contribution is 7.92. The number of nitrogens with zero attached hydrogens (tertiary/aromatic N) is 1. The van der Waals surface area contributed by atoms with Crippen LogP contribution < -0.4 is 10.6 Å². The highest BCUT2D eigenvalue weighted by atomic mass is 32.2. The number of amides is 2. The van der Waals surface area contributed by atoms with Crippen molar-refractivity contribution in [2.24, 2.45) is 0 Å². The topological polar surface area (TPSA) is 88.2 Å². The van der Waals surface area contributed by atoms with E-state index in [1.807, 2.05) is 6.07 Å². The van der Waals surface area contributed by atoms with Crippen LogP contribution in [0.2, 0.25) is 0 Å². The summed E-state index contributed by atoms with van der Waals surface area (Å²) in [5.74, 6) is 0. The van der Waals surface area contributed by atoms with Crippen LogP contribution in [0.1, 0.15) is 19.4 Å². The zero-order valence-corrected chi connectivity index (χ0v) is 13.8. The number of carbonyl (C=O) groups excluding carboxylic acids is 1. The van der Waals surface area contributed by atoms with Crippen molar-refractivity contribution in [3.8, 4) is 0 Å². The molecule has 0 saturated carbocycles. The minimum atomic E-state index is -3.47. The number of nitrogens with one attached hydrogen (secondary N) is 2. The first-order valence-corrected chi connectivity index (χ1v) is 8.72. The summed E-state index contributed by atoms with van der Waals surface area (Å²) in [7, 11) is -3.47. The number of carbonyl (C=O) groups is 1. The number of aromatic nitrogens is 1. The molecule has 0 spiro atoms. The first-order chi connectivity index (χ1) is 10.9. The normalized spacial score (nSPS) is 11.3. The average Bonchev–Trinajstić information content (AvgIpc) is 2.54. The lowest BCUT2D eigenvalue weighted by Crippen LogP contribution is -2.29. The van der Waals surface area contributed by atoms with Crippen molar-refractivity contribution in [2.45, 2.75) is 30.5 Å². The van der Waals surface area contributed by atoms with E-state index < -0.39 is 21.1 Å². The highest BCUT2D eigenvalue weighted by Crippen LogP contribution is 2.24. The van der Waals surface area contributed by atoms with Crippen molar-refractivity contribution in [2.75, 3.05) is 5.32 Å². The lowest BCUT2D eigenvalue weighted by atomic mass is 10.3. The van der Waals surface area contributed by atoms with Gasteiger partial charge in [0.15, 0.2) is 9.84 Å². The van der Waals surface area contributed by atoms with Gasteiger partial charge in [-0.3, -0.25) is 4.98 Å². The highest BCUT2D eigenvalue weighted by Gasteiger charge is 2.23. The quantitative estimate of drug-likeness (QED) is 0.880. The lowest BCUT2D eigenvalue weighted by molar-refractivity contribution is 0.251. The summed E-state index contributed by atoms with van der Waals surface area (Å²) in [6.07, 6.45) is 3.30. The van der Waals surface area contributed by atoms with E-state index in [4.69, 9.17) is 0 Å². The molecule has 1 aromatic carbocycles. The summed E-state index contributed by atoms with van der Waals surface area (Å²) in [6, 6.07) is 9.51. The van der Waals surface area contributed by atoms with Crippen molar-refractivity contribution in [3.05, 3.63) is 54.4 Å². The van der Waals surface area contributed by atoms with Crippen LogP contribution in [0.3, 0.4) is 0 Å². The van der Waals surface area contributed by atoms with Gasteiger partial charge in [0.05, 0.1) is 15.8 Å². The molecule has 0 unspecified atom stereocenters. The van der Waals surface area contributed by atoms with Crippen molar-refractivity contribution in [3.63, 3.8) is 0 Å². The largest absolute Gasteiger partial charge is 0.334 e. The fourth-order valence-corrected chi connectivity index (χ4v) is 3.13. The van der Waals surface area contributed by atoms with Gasteiger partial charge in [0.2, 0.25) is 0 Å². The molecule has 0 aliphatic carbocycles. The van der Waals surface area contributed by atoms with Crippen LogP contribution in [0, 0.1) is 0 Å². The Hall–Kier alpha value is -2.41. The second kappa shape index (κ2) is 7.23. The Balaban J connectivity index is 2.10. The van der Waals surface area contributed by atoms with Crippen LogP contribution in [0.15, 0.2) is 53.7 Å². The molecule has 2 rings (SSSR count). The van der Waals surface area contributed by atoms with Gasteiger partial charge in [-0.25, -0.2) is 13.2 Å². The number of para-hydroxylation sites is 1. The minimum Gasteiger partial charge on any atom is -0.334 e. The van der Waals surface area contributed by atoms with Crippen molar-refractivity contribution >= 4 is 21.6 Å². The molecular weight excluding hydrogens is 314 g/mol. The number of hydrogen-bond acceptors (Lipinski definition) is 4. The number of pyridine rings is 1. The van der Waals surface area contributed by atoms with Gasteiger partial charge in [-0.05, 0) is 37.6 Å². The van der Waals surface area contributed by atoms with Crippen LogP contribution >= 0.6 is 0 Å². The van der Waals surface area contributed by atoms with E-state index in [2.05, 4.69) is 15.6 Å². The van der Waals surface area contributed by atoms with E-state index in [0.29, 0.717) is 6.54 Å². The fourth-order valence-electron chi connectivity index (χ4n) is 1.92. The molecule has 0 bridgehead atoms. The van der Waals surface area contributed by atoms with E-state index in [0.717, 1.165) is 5.56 Å². The molecule has 1 heterocycles. The number of anilines is 1. The predicted octanol–water partition coefficient (Wildman–Crippen LogP) is 2.59. The van der Waals surface area contributed by atoms with Crippen LogP contribution in [0.5, 0.6) is 0 Å². The van der Waals surface area contributed by atoms with Gasteiger partial charge in [0, 0.05) is 18.9 Å². The van der Waals surface area contributed by atoms with E-state index in [9.17, 15) is 13.2 Å². The Labute approximate surface area is 135 Å². The smallest absolute Gasteiger partial charge is 0.319 e. The Morgan fingerprint density at radius 1 is 1.17 bits per heavy atom. The number of benzene rings is 1. The summed E-state index contributed by atoms with van der Waals surface area (Å²) in [5, 5.41) is 4.70. The molecule has 2 amide bonds. The molecule has 0 aliphatic heterocycles. The minimum absolute atomic E-state index is 0.117. The zero-order valence-electron chi connectivity index (χ0n) is 13.0. The second-order valence-electron chi connectivity index (χ2n) is 5.26. The van der Waals surface area contributed by atoms with Gasteiger partial charge < -0.3 is 10.6 Å². The van der Waals surface area contributed by atoms with Gasteiger partial charge in [0.25, 0.3) is 0 Å². The monoisotopic (exact) mass is 333 g/mol.